The molecule has 0 radical (unpaired) electrons. The number of benzene rings is 1. The smallest absolute Gasteiger partial charge is 0.147 e. The maximum absolute atomic E-state index is 5.68. The Labute approximate surface area is 112 Å². The minimum Gasteiger partial charge on any atom is -0.488 e. The Hall–Kier alpha value is -0.320. The van der Waals surface area contributed by atoms with Crippen LogP contribution in [0.4, 0.5) is 0 Å². The van der Waals surface area contributed by atoms with Gasteiger partial charge in [0.2, 0.25) is 0 Å². The van der Waals surface area contributed by atoms with Crippen molar-refractivity contribution in [2.45, 2.75) is 12.5 Å². The van der Waals surface area contributed by atoms with E-state index < -0.39 is 0 Å². The third-order valence-corrected chi connectivity index (χ3v) is 3.43. The maximum Gasteiger partial charge on any atom is 0.147 e. The Morgan fingerprint density at radius 3 is 2.56 bits per heavy atom. The number of allylic oxidation sites excluding steroid dienone is 1. The van der Waals surface area contributed by atoms with E-state index in [0.29, 0.717) is 6.61 Å². The summed E-state index contributed by atoms with van der Waals surface area (Å²) in [5.41, 5.74) is 1.20. The van der Waals surface area contributed by atoms with Gasteiger partial charge < -0.3 is 9.47 Å². The number of ether oxygens (including phenoxy) is 2. The largest absolute Gasteiger partial charge is 0.488 e. The standard InChI is InChI=1S/C12H12Br2O2/c1-2-3-8-4-10(13)12(11(14)5-8)16-7-9-6-15-9/h2,4-5,9H,1,3,6-7H2. The monoisotopic (exact) mass is 346 g/mol. The van der Waals surface area contributed by atoms with E-state index in [1.54, 1.807) is 0 Å². The van der Waals surface area contributed by atoms with Crippen molar-refractivity contribution < 1.29 is 9.47 Å². The molecule has 1 aromatic rings. The highest BCUT2D eigenvalue weighted by Gasteiger charge is 2.24. The lowest BCUT2D eigenvalue weighted by atomic mass is 10.1. The zero-order chi connectivity index (χ0) is 11.5. The van der Waals surface area contributed by atoms with Gasteiger partial charge in [0.25, 0.3) is 0 Å². The second kappa shape index (κ2) is 5.34. The summed E-state index contributed by atoms with van der Waals surface area (Å²) in [6.07, 6.45) is 3.00. The molecule has 2 rings (SSSR count). The number of halogens is 2. The van der Waals surface area contributed by atoms with Gasteiger partial charge in [-0.25, -0.2) is 0 Å². The van der Waals surface area contributed by atoms with Crippen LogP contribution in [-0.2, 0) is 11.2 Å². The Kier molecular flexibility index (Phi) is 4.05. The average Bonchev–Trinajstić information content (AvgIpc) is 3.00. The third-order valence-electron chi connectivity index (χ3n) is 2.25. The van der Waals surface area contributed by atoms with Gasteiger partial charge in [-0.05, 0) is 56.0 Å². The van der Waals surface area contributed by atoms with Crippen molar-refractivity contribution in [3.8, 4) is 5.75 Å². The highest BCUT2D eigenvalue weighted by Crippen LogP contribution is 2.35. The number of hydrogen-bond acceptors (Lipinski definition) is 2. The van der Waals surface area contributed by atoms with E-state index in [1.807, 2.05) is 6.08 Å². The molecule has 0 N–H and O–H groups in total. The van der Waals surface area contributed by atoms with Crippen LogP contribution in [0.25, 0.3) is 0 Å². The number of rotatable bonds is 5. The lowest BCUT2D eigenvalue weighted by molar-refractivity contribution is 0.260. The van der Waals surface area contributed by atoms with Gasteiger partial charge in [0.1, 0.15) is 18.5 Å². The number of hydrogen-bond donors (Lipinski definition) is 0. The molecule has 16 heavy (non-hydrogen) atoms. The fraction of sp³-hybridized carbons (Fsp3) is 0.333. The second-order valence-corrected chi connectivity index (χ2v) is 5.36. The predicted molar refractivity (Wildman–Crippen MR) is 71.0 cm³/mol. The quantitative estimate of drug-likeness (QED) is 0.598. The minimum atomic E-state index is 0.270. The molecule has 86 valence electrons. The predicted octanol–water partition coefficient (Wildman–Crippen LogP) is 3.72. The Morgan fingerprint density at radius 2 is 2.06 bits per heavy atom. The SMILES string of the molecule is C=CCc1cc(Br)c(OCC2CO2)c(Br)c1. The molecule has 1 saturated heterocycles. The molecule has 0 spiro atoms. The van der Waals surface area contributed by atoms with Crippen LogP contribution in [0.5, 0.6) is 5.75 Å². The molecule has 1 aliphatic rings. The molecule has 1 aliphatic heterocycles. The summed E-state index contributed by atoms with van der Waals surface area (Å²) in [6, 6.07) is 4.10. The van der Waals surface area contributed by atoms with Gasteiger partial charge in [-0.15, -0.1) is 6.58 Å². The summed E-state index contributed by atoms with van der Waals surface area (Å²) in [4.78, 5) is 0. The van der Waals surface area contributed by atoms with Crippen LogP contribution >= 0.6 is 31.9 Å². The molecule has 0 aromatic heterocycles. The summed E-state index contributed by atoms with van der Waals surface area (Å²) in [6.45, 7) is 5.15. The van der Waals surface area contributed by atoms with Crippen molar-refractivity contribution in [2.24, 2.45) is 0 Å². The van der Waals surface area contributed by atoms with Crippen LogP contribution in [0.2, 0.25) is 0 Å². The van der Waals surface area contributed by atoms with Crippen molar-refractivity contribution in [3.63, 3.8) is 0 Å². The highest BCUT2D eigenvalue weighted by atomic mass is 79.9. The van der Waals surface area contributed by atoms with E-state index in [9.17, 15) is 0 Å². The summed E-state index contributed by atoms with van der Waals surface area (Å²) in [5.74, 6) is 0.836. The van der Waals surface area contributed by atoms with Crippen LogP contribution in [0, 0.1) is 0 Å². The molecule has 0 saturated carbocycles. The average molecular weight is 348 g/mol. The van der Waals surface area contributed by atoms with Crippen molar-refractivity contribution in [3.05, 3.63) is 39.3 Å². The molecule has 1 unspecified atom stereocenters. The maximum atomic E-state index is 5.68. The molecule has 1 atom stereocenters. The van der Waals surface area contributed by atoms with Crippen LogP contribution < -0.4 is 4.74 Å². The van der Waals surface area contributed by atoms with Crippen LogP contribution in [0.15, 0.2) is 33.7 Å². The van der Waals surface area contributed by atoms with E-state index >= 15 is 0 Å². The molecule has 1 aromatic carbocycles. The van der Waals surface area contributed by atoms with Crippen molar-refractivity contribution >= 4 is 31.9 Å². The lowest BCUT2D eigenvalue weighted by Crippen LogP contribution is -2.05. The van der Waals surface area contributed by atoms with Gasteiger partial charge in [-0.1, -0.05) is 6.08 Å². The summed E-state index contributed by atoms with van der Waals surface area (Å²) in [7, 11) is 0. The first kappa shape index (κ1) is 12.1. The van der Waals surface area contributed by atoms with Crippen LogP contribution in [0.3, 0.4) is 0 Å². The van der Waals surface area contributed by atoms with Crippen molar-refractivity contribution in [1.82, 2.24) is 0 Å². The fourth-order valence-electron chi connectivity index (χ4n) is 1.38. The van der Waals surface area contributed by atoms with E-state index in [-0.39, 0.29) is 6.10 Å². The molecule has 2 nitrogen and oxygen atoms in total. The van der Waals surface area contributed by atoms with Gasteiger partial charge >= 0.3 is 0 Å². The van der Waals surface area contributed by atoms with Gasteiger partial charge in [0, 0.05) is 0 Å². The molecule has 0 amide bonds. The minimum absolute atomic E-state index is 0.270. The first-order chi connectivity index (χ1) is 7.70. The van der Waals surface area contributed by atoms with Crippen molar-refractivity contribution in [2.75, 3.05) is 13.2 Å². The fourth-order valence-corrected chi connectivity index (χ4v) is 2.89. The highest BCUT2D eigenvalue weighted by molar-refractivity contribution is 9.11. The van der Waals surface area contributed by atoms with E-state index in [0.717, 1.165) is 27.7 Å². The molecule has 1 heterocycles. The van der Waals surface area contributed by atoms with Crippen LogP contribution in [0.1, 0.15) is 5.56 Å². The zero-order valence-electron chi connectivity index (χ0n) is 8.71. The van der Waals surface area contributed by atoms with Crippen LogP contribution in [-0.4, -0.2) is 19.3 Å². The second-order valence-electron chi connectivity index (χ2n) is 3.65. The summed E-state index contributed by atoms with van der Waals surface area (Å²) in [5, 5.41) is 0. The summed E-state index contributed by atoms with van der Waals surface area (Å²) >= 11 is 7.02. The Morgan fingerprint density at radius 1 is 1.44 bits per heavy atom. The molecular formula is C12H12Br2O2. The van der Waals surface area contributed by atoms with Gasteiger partial charge in [0.15, 0.2) is 0 Å². The summed E-state index contributed by atoms with van der Waals surface area (Å²) < 4.78 is 12.7. The van der Waals surface area contributed by atoms with Gasteiger partial charge in [0.05, 0.1) is 15.6 Å². The van der Waals surface area contributed by atoms with Gasteiger partial charge in [-0.2, -0.15) is 0 Å². The molecule has 0 aliphatic carbocycles. The normalized spacial score (nSPS) is 18.2. The number of epoxide rings is 1. The zero-order valence-corrected chi connectivity index (χ0v) is 11.9. The van der Waals surface area contributed by atoms with E-state index in [2.05, 4.69) is 50.6 Å². The molecule has 0 bridgehead atoms. The van der Waals surface area contributed by atoms with E-state index in [1.165, 1.54) is 5.56 Å². The van der Waals surface area contributed by atoms with Gasteiger partial charge in [-0.3, -0.25) is 0 Å². The molecule has 4 heteroatoms. The van der Waals surface area contributed by atoms with Crippen molar-refractivity contribution in [1.29, 1.82) is 0 Å². The Bertz CT molecular complexity index is 377. The molecular weight excluding hydrogens is 336 g/mol. The first-order valence-corrected chi connectivity index (χ1v) is 6.62. The Balaban J connectivity index is 2.12. The molecule has 1 fully saturated rings. The third kappa shape index (κ3) is 3.09. The van der Waals surface area contributed by atoms with E-state index in [4.69, 9.17) is 9.47 Å². The first-order valence-electron chi connectivity index (χ1n) is 5.04. The topological polar surface area (TPSA) is 21.8 Å². The lowest BCUT2D eigenvalue weighted by Gasteiger charge is -2.10.